The van der Waals surface area contributed by atoms with Crippen LogP contribution in [0.3, 0.4) is 0 Å². The van der Waals surface area contributed by atoms with Crippen molar-refractivity contribution in [3.8, 4) is 0 Å². The molecule has 1 saturated carbocycles. The van der Waals surface area contributed by atoms with Gasteiger partial charge < -0.3 is 20.1 Å². The molecule has 2 aliphatic heterocycles. The third-order valence-electron chi connectivity index (χ3n) is 6.19. The summed E-state index contributed by atoms with van der Waals surface area (Å²) in [6.07, 6.45) is 8.66. The van der Waals surface area contributed by atoms with E-state index >= 15 is 0 Å². The molecule has 0 aromatic heterocycles. The zero-order chi connectivity index (χ0) is 17.5. The highest BCUT2D eigenvalue weighted by Crippen LogP contribution is 2.39. The number of likely N-dealkylation sites (tertiary alicyclic amines) is 1. The molecule has 0 atom stereocenters. The Labute approximate surface area is 152 Å². The zero-order valence-corrected chi connectivity index (χ0v) is 15.6. The molecule has 0 unspecified atom stereocenters. The number of nitrogens with two attached hydrogens (primary N) is 1. The largest absolute Gasteiger partial charge is 0.379 e. The lowest BCUT2D eigenvalue weighted by Crippen LogP contribution is -2.54. The number of ether oxygens (including phenoxy) is 2. The summed E-state index contributed by atoms with van der Waals surface area (Å²) in [4.78, 5) is 17.6. The van der Waals surface area contributed by atoms with E-state index in [1.165, 1.54) is 12.8 Å². The van der Waals surface area contributed by atoms with Gasteiger partial charge in [0, 0.05) is 44.7 Å². The van der Waals surface area contributed by atoms with Crippen LogP contribution < -0.4 is 5.73 Å². The topological polar surface area (TPSA) is 68.0 Å². The average Bonchev–Trinajstić information content (AvgIpc) is 3.13. The van der Waals surface area contributed by atoms with Crippen LogP contribution in [0.15, 0.2) is 0 Å². The van der Waals surface area contributed by atoms with E-state index in [0.717, 1.165) is 78.1 Å². The highest BCUT2D eigenvalue weighted by atomic mass is 16.5. The van der Waals surface area contributed by atoms with Crippen LogP contribution in [0.4, 0.5) is 0 Å². The molecule has 3 fully saturated rings. The number of amides is 1. The van der Waals surface area contributed by atoms with Gasteiger partial charge >= 0.3 is 0 Å². The van der Waals surface area contributed by atoms with E-state index in [1.807, 2.05) is 0 Å². The van der Waals surface area contributed by atoms with Crippen molar-refractivity contribution in [2.75, 3.05) is 52.5 Å². The van der Waals surface area contributed by atoms with Gasteiger partial charge in [0.1, 0.15) is 0 Å². The molecule has 1 amide bonds. The Kier molecular flexibility index (Phi) is 7.10. The molecule has 6 nitrogen and oxygen atoms in total. The number of rotatable bonds is 7. The Morgan fingerprint density at radius 1 is 1.12 bits per heavy atom. The van der Waals surface area contributed by atoms with Crippen LogP contribution in [0.25, 0.3) is 0 Å². The molecule has 2 heterocycles. The van der Waals surface area contributed by atoms with Crippen molar-refractivity contribution in [3.05, 3.63) is 0 Å². The first-order chi connectivity index (χ1) is 12.2. The summed E-state index contributed by atoms with van der Waals surface area (Å²) in [6, 6.07) is 0. The van der Waals surface area contributed by atoms with Crippen LogP contribution in [0, 0.1) is 0 Å². The summed E-state index contributed by atoms with van der Waals surface area (Å²) in [6.45, 7) is 6.67. The fourth-order valence-corrected chi connectivity index (χ4v) is 4.67. The van der Waals surface area contributed by atoms with E-state index in [4.69, 9.17) is 15.2 Å². The SMILES string of the molecule is NCCCOC1CCN(C(=O)CC2(N3CCOCC3)CCCC2)CC1. The minimum absolute atomic E-state index is 0.0926. The van der Waals surface area contributed by atoms with Gasteiger partial charge in [0.15, 0.2) is 0 Å². The van der Waals surface area contributed by atoms with Crippen LogP contribution in [0.2, 0.25) is 0 Å². The fraction of sp³-hybridized carbons (Fsp3) is 0.947. The molecule has 2 saturated heterocycles. The molecular formula is C19H35N3O3. The average molecular weight is 354 g/mol. The number of morpholine rings is 1. The Hall–Kier alpha value is -0.690. The zero-order valence-electron chi connectivity index (χ0n) is 15.6. The molecule has 0 aromatic rings. The first kappa shape index (κ1) is 19.1. The molecule has 0 aromatic carbocycles. The van der Waals surface area contributed by atoms with E-state index in [1.54, 1.807) is 0 Å². The molecule has 0 radical (unpaired) electrons. The second-order valence-corrected chi connectivity index (χ2v) is 7.80. The summed E-state index contributed by atoms with van der Waals surface area (Å²) in [5.74, 6) is 0.341. The van der Waals surface area contributed by atoms with Crippen LogP contribution in [-0.4, -0.2) is 79.9 Å². The van der Waals surface area contributed by atoms with Crippen molar-refractivity contribution in [2.45, 2.75) is 63.0 Å². The first-order valence-electron chi connectivity index (χ1n) is 10.2. The van der Waals surface area contributed by atoms with Gasteiger partial charge in [0.2, 0.25) is 5.91 Å². The number of piperidine rings is 1. The number of hydrogen-bond donors (Lipinski definition) is 1. The number of hydrogen-bond acceptors (Lipinski definition) is 5. The van der Waals surface area contributed by atoms with Crippen LogP contribution >= 0.6 is 0 Å². The summed E-state index contributed by atoms with van der Waals surface area (Å²) < 4.78 is 11.4. The molecule has 25 heavy (non-hydrogen) atoms. The second kappa shape index (κ2) is 9.31. The predicted molar refractivity (Wildman–Crippen MR) is 97.4 cm³/mol. The number of nitrogens with zero attached hydrogens (tertiary/aromatic N) is 2. The van der Waals surface area contributed by atoms with E-state index in [0.29, 0.717) is 25.0 Å². The van der Waals surface area contributed by atoms with Crippen LogP contribution in [-0.2, 0) is 14.3 Å². The summed E-state index contributed by atoms with van der Waals surface area (Å²) in [5.41, 5.74) is 5.61. The Morgan fingerprint density at radius 3 is 2.44 bits per heavy atom. The quantitative estimate of drug-likeness (QED) is 0.700. The minimum atomic E-state index is 0.0926. The molecule has 3 aliphatic rings. The van der Waals surface area contributed by atoms with Crippen molar-refractivity contribution in [2.24, 2.45) is 5.73 Å². The lowest BCUT2D eigenvalue weighted by atomic mass is 9.89. The molecular weight excluding hydrogens is 318 g/mol. The smallest absolute Gasteiger partial charge is 0.224 e. The third-order valence-corrected chi connectivity index (χ3v) is 6.19. The minimum Gasteiger partial charge on any atom is -0.379 e. The van der Waals surface area contributed by atoms with E-state index in [-0.39, 0.29) is 5.54 Å². The normalized spacial score (nSPS) is 25.4. The van der Waals surface area contributed by atoms with Gasteiger partial charge in [-0.15, -0.1) is 0 Å². The van der Waals surface area contributed by atoms with Gasteiger partial charge in [0.05, 0.1) is 19.3 Å². The van der Waals surface area contributed by atoms with Gasteiger partial charge in [-0.2, -0.15) is 0 Å². The van der Waals surface area contributed by atoms with Gasteiger partial charge in [-0.05, 0) is 38.6 Å². The molecule has 6 heteroatoms. The van der Waals surface area contributed by atoms with E-state index in [9.17, 15) is 4.79 Å². The molecule has 3 rings (SSSR count). The predicted octanol–water partition coefficient (Wildman–Crippen LogP) is 1.38. The molecule has 144 valence electrons. The Balaban J connectivity index is 1.49. The maximum atomic E-state index is 13.0. The molecule has 0 spiro atoms. The van der Waals surface area contributed by atoms with E-state index in [2.05, 4.69) is 9.80 Å². The standard InChI is InChI=1S/C19H35N3O3/c20-8-3-13-25-17-4-9-21(10-5-17)18(23)16-19(6-1-2-7-19)22-11-14-24-15-12-22/h17H,1-16,20H2. The number of carbonyl (C=O) groups is 1. The lowest BCUT2D eigenvalue weighted by Gasteiger charge is -2.44. The van der Waals surface area contributed by atoms with Gasteiger partial charge in [-0.3, -0.25) is 9.69 Å². The third kappa shape index (κ3) is 4.94. The summed E-state index contributed by atoms with van der Waals surface area (Å²) >= 11 is 0. The van der Waals surface area contributed by atoms with Gasteiger partial charge in [-0.25, -0.2) is 0 Å². The monoisotopic (exact) mass is 353 g/mol. The molecule has 1 aliphatic carbocycles. The van der Waals surface area contributed by atoms with Crippen LogP contribution in [0.1, 0.15) is 51.4 Å². The van der Waals surface area contributed by atoms with Crippen molar-refractivity contribution in [1.82, 2.24) is 9.80 Å². The maximum absolute atomic E-state index is 13.0. The summed E-state index contributed by atoms with van der Waals surface area (Å²) in [7, 11) is 0. The lowest BCUT2D eigenvalue weighted by molar-refractivity contribution is -0.138. The highest BCUT2D eigenvalue weighted by Gasteiger charge is 2.42. The second-order valence-electron chi connectivity index (χ2n) is 7.80. The highest BCUT2D eigenvalue weighted by molar-refractivity contribution is 5.77. The number of carbonyl (C=O) groups excluding carboxylic acids is 1. The first-order valence-corrected chi connectivity index (χ1v) is 10.2. The van der Waals surface area contributed by atoms with Gasteiger partial charge in [-0.1, -0.05) is 12.8 Å². The molecule has 2 N–H and O–H groups in total. The van der Waals surface area contributed by atoms with Crippen molar-refractivity contribution < 1.29 is 14.3 Å². The van der Waals surface area contributed by atoms with Crippen molar-refractivity contribution >= 4 is 5.91 Å². The van der Waals surface area contributed by atoms with E-state index < -0.39 is 0 Å². The molecule has 0 bridgehead atoms. The van der Waals surface area contributed by atoms with Crippen molar-refractivity contribution in [1.29, 1.82) is 0 Å². The fourth-order valence-electron chi connectivity index (χ4n) is 4.67. The van der Waals surface area contributed by atoms with Crippen molar-refractivity contribution in [3.63, 3.8) is 0 Å². The summed E-state index contributed by atoms with van der Waals surface area (Å²) in [5, 5.41) is 0. The Morgan fingerprint density at radius 2 is 1.80 bits per heavy atom. The maximum Gasteiger partial charge on any atom is 0.224 e. The van der Waals surface area contributed by atoms with Crippen LogP contribution in [0.5, 0.6) is 0 Å². The Bertz CT molecular complexity index is 412. The van der Waals surface area contributed by atoms with Gasteiger partial charge in [0.25, 0.3) is 0 Å².